The number of rotatable bonds is 15. The molecule has 1 aromatic heterocycles. The van der Waals surface area contributed by atoms with Crippen molar-refractivity contribution in [1.29, 1.82) is 5.41 Å². The number of esters is 1. The highest BCUT2D eigenvalue weighted by Crippen LogP contribution is 2.20. The van der Waals surface area contributed by atoms with E-state index in [0.29, 0.717) is 24.1 Å². The zero-order valence-electron chi connectivity index (χ0n) is 27.6. The average molecular weight is 676 g/mol. The number of nitrogens with one attached hydrogen (secondary N) is 3. The van der Waals surface area contributed by atoms with E-state index in [9.17, 15) is 29.3 Å². The Hall–Kier alpha value is -5.60. The van der Waals surface area contributed by atoms with Crippen LogP contribution in [0, 0.1) is 15.5 Å². The van der Waals surface area contributed by atoms with Crippen molar-refractivity contribution < 1.29 is 33.6 Å². The van der Waals surface area contributed by atoms with E-state index in [2.05, 4.69) is 22.7 Å². The lowest BCUT2D eigenvalue weighted by Gasteiger charge is -2.30. The minimum atomic E-state index is -1.02. The summed E-state index contributed by atoms with van der Waals surface area (Å²) in [6, 6.07) is 10.7. The number of amidine groups is 1. The molecule has 15 heteroatoms. The summed E-state index contributed by atoms with van der Waals surface area (Å²) in [6.45, 7) is 4.82. The summed E-state index contributed by atoms with van der Waals surface area (Å²) >= 11 is 0. The molecule has 0 unspecified atom stereocenters. The van der Waals surface area contributed by atoms with Gasteiger partial charge in [-0.15, -0.1) is 0 Å². The molecule has 0 saturated heterocycles. The van der Waals surface area contributed by atoms with Gasteiger partial charge in [0.05, 0.1) is 23.8 Å². The molecule has 0 saturated carbocycles. The predicted octanol–water partition coefficient (Wildman–Crippen LogP) is 3.91. The van der Waals surface area contributed by atoms with Crippen molar-refractivity contribution in [2.24, 2.45) is 0 Å². The molecule has 0 fully saturated rings. The normalized spacial score (nSPS) is 12.7. The Bertz CT molecular complexity index is 1650. The fraction of sp³-hybridized carbons (Fsp3) is 0.412. The van der Waals surface area contributed by atoms with Gasteiger partial charge in [-0.05, 0) is 31.0 Å². The largest absolute Gasteiger partial charge is 0.465 e. The van der Waals surface area contributed by atoms with Crippen LogP contribution in [0.2, 0.25) is 0 Å². The highest BCUT2D eigenvalue weighted by molar-refractivity contribution is 6.05. The van der Waals surface area contributed by atoms with Gasteiger partial charge in [0.25, 0.3) is 11.6 Å². The molecule has 4 rings (SSSR count). The number of nitrogens with zero attached hydrogens (tertiary/aromatic N) is 4. The highest BCUT2D eigenvalue weighted by Gasteiger charge is 2.31. The van der Waals surface area contributed by atoms with Crippen molar-refractivity contribution in [2.75, 3.05) is 19.8 Å². The van der Waals surface area contributed by atoms with Crippen LogP contribution >= 0.6 is 0 Å². The smallest absolute Gasteiger partial charge is 0.412 e. The van der Waals surface area contributed by atoms with E-state index >= 15 is 0 Å². The number of ether oxygens (including phenoxy) is 2. The van der Waals surface area contributed by atoms with Crippen molar-refractivity contribution in [3.05, 3.63) is 92.8 Å². The van der Waals surface area contributed by atoms with Crippen LogP contribution in [0.1, 0.15) is 72.3 Å². The molecule has 49 heavy (non-hydrogen) atoms. The fourth-order valence-corrected chi connectivity index (χ4v) is 5.32. The Morgan fingerprint density at radius 2 is 1.71 bits per heavy atom. The SMILES string of the molecule is CCCCCCOC(=O)NC(=N)c1ccc(C(=O)N[C@@H](Cc2ccc([N+](=O)[O-])cc2)C(=O)N2CCc3nn(CC(=O)OCC)cc3C2)cc1. The number of aromatic nitrogens is 2. The number of hydrogen-bond acceptors (Lipinski definition) is 10. The average Bonchev–Trinajstić information content (AvgIpc) is 3.49. The fourth-order valence-electron chi connectivity index (χ4n) is 5.32. The van der Waals surface area contributed by atoms with Gasteiger partial charge in [0.1, 0.15) is 18.4 Å². The molecule has 260 valence electrons. The lowest BCUT2D eigenvalue weighted by molar-refractivity contribution is -0.384. The molecule has 3 N–H and O–H groups in total. The number of unbranched alkanes of at least 4 members (excludes halogenated alkanes) is 3. The van der Waals surface area contributed by atoms with Gasteiger partial charge >= 0.3 is 12.1 Å². The summed E-state index contributed by atoms with van der Waals surface area (Å²) in [6.07, 6.45) is 5.31. The number of hydrogen-bond donors (Lipinski definition) is 3. The van der Waals surface area contributed by atoms with Gasteiger partial charge in [-0.3, -0.25) is 39.9 Å². The second kappa shape index (κ2) is 17.5. The summed E-state index contributed by atoms with van der Waals surface area (Å²) in [4.78, 5) is 63.6. The van der Waals surface area contributed by atoms with Crippen LogP contribution < -0.4 is 10.6 Å². The van der Waals surface area contributed by atoms with E-state index in [-0.39, 0.29) is 55.7 Å². The van der Waals surface area contributed by atoms with Crippen LogP contribution in [0.15, 0.2) is 54.7 Å². The van der Waals surface area contributed by atoms with Gasteiger partial charge in [-0.1, -0.05) is 50.5 Å². The first-order valence-corrected chi connectivity index (χ1v) is 16.2. The molecular formula is C34H41N7O8. The molecule has 2 heterocycles. The molecule has 3 amide bonds. The molecule has 0 spiro atoms. The second-order valence-corrected chi connectivity index (χ2v) is 11.5. The van der Waals surface area contributed by atoms with Crippen molar-refractivity contribution >= 4 is 35.4 Å². The molecule has 1 aliphatic rings. The Kier molecular flexibility index (Phi) is 13.0. The van der Waals surface area contributed by atoms with Crippen LogP contribution in [0.25, 0.3) is 0 Å². The molecule has 15 nitrogen and oxygen atoms in total. The van der Waals surface area contributed by atoms with Gasteiger partial charge in [0.2, 0.25) is 5.91 Å². The van der Waals surface area contributed by atoms with E-state index < -0.39 is 28.9 Å². The van der Waals surface area contributed by atoms with Crippen LogP contribution in [0.4, 0.5) is 10.5 Å². The van der Waals surface area contributed by atoms with Crippen LogP contribution in [-0.2, 0) is 45.0 Å². The number of fused-ring (bicyclic) bond motifs is 1. The Morgan fingerprint density at radius 3 is 2.39 bits per heavy atom. The first kappa shape index (κ1) is 36.2. The van der Waals surface area contributed by atoms with Crippen LogP contribution in [0.5, 0.6) is 0 Å². The number of carbonyl (C=O) groups is 4. The first-order valence-electron chi connectivity index (χ1n) is 16.2. The van der Waals surface area contributed by atoms with Gasteiger partial charge in [-0.25, -0.2) is 4.79 Å². The Balaban J connectivity index is 1.44. The van der Waals surface area contributed by atoms with E-state index in [1.807, 2.05) is 0 Å². The van der Waals surface area contributed by atoms with Crippen molar-refractivity contribution in [1.82, 2.24) is 25.3 Å². The third-order valence-corrected chi connectivity index (χ3v) is 7.90. The number of alkyl carbamates (subject to hydrolysis) is 1. The summed E-state index contributed by atoms with van der Waals surface area (Å²) in [5.74, 6) is -1.51. The Morgan fingerprint density at radius 1 is 1.00 bits per heavy atom. The van der Waals surface area contributed by atoms with E-state index in [1.165, 1.54) is 41.1 Å². The van der Waals surface area contributed by atoms with Crippen molar-refractivity contribution in [3.8, 4) is 0 Å². The summed E-state index contributed by atoms with van der Waals surface area (Å²) in [5.41, 5.74) is 2.63. The van der Waals surface area contributed by atoms with Crippen LogP contribution in [0.3, 0.4) is 0 Å². The molecule has 0 bridgehead atoms. The maximum atomic E-state index is 13.9. The number of carbonyl (C=O) groups excluding carboxylic acids is 4. The molecule has 0 radical (unpaired) electrons. The topological polar surface area (TPSA) is 199 Å². The van der Waals surface area contributed by atoms with Gasteiger partial charge in [0.15, 0.2) is 0 Å². The predicted molar refractivity (Wildman–Crippen MR) is 178 cm³/mol. The number of nitro benzene ring substituents is 1. The quantitative estimate of drug-likeness (QED) is 0.0534. The number of non-ortho nitro benzene ring substituents is 1. The van der Waals surface area contributed by atoms with Gasteiger partial charge < -0.3 is 19.7 Å². The summed E-state index contributed by atoms with van der Waals surface area (Å²) < 4.78 is 11.6. The Labute approximate surface area is 283 Å². The minimum absolute atomic E-state index is 0.0504. The van der Waals surface area contributed by atoms with E-state index in [0.717, 1.165) is 36.9 Å². The summed E-state index contributed by atoms with van der Waals surface area (Å²) in [5, 5.41) is 29.0. The van der Waals surface area contributed by atoms with Crippen molar-refractivity contribution in [3.63, 3.8) is 0 Å². The standard InChI is InChI=1S/C34H41N7O8/c1-3-5-6-7-18-49-34(45)37-31(35)24-10-12-25(13-11-24)32(43)36-29(19-23-8-14-27(15-9-23)41(46)47)33(44)39-17-16-28-26(20-39)21-40(38-28)22-30(42)48-4-2/h8-15,21,29H,3-7,16-20,22H2,1-2H3,(H,36,43)(H2,35,37,45)/t29-/m0/s1. The van der Waals surface area contributed by atoms with Crippen LogP contribution in [-0.4, -0.2) is 75.1 Å². The minimum Gasteiger partial charge on any atom is -0.465 e. The second-order valence-electron chi connectivity index (χ2n) is 11.5. The number of benzene rings is 2. The third kappa shape index (κ3) is 10.4. The van der Waals surface area contributed by atoms with Gasteiger partial charge in [-0.2, -0.15) is 5.10 Å². The zero-order valence-corrected chi connectivity index (χ0v) is 27.6. The monoisotopic (exact) mass is 675 g/mol. The number of nitro groups is 1. The molecule has 1 atom stereocenters. The third-order valence-electron chi connectivity index (χ3n) is 7.90. The van der Waals surface area contributed by atoms with E-state index in [4.69, 9.17) is 14.9 Å². The summed E-state index contributed by atoms with van der Waals surface area (Å²) in [7, 11) is 0. The zero-order chi connectivity index (χ0) is 35.3. The molecule has 2 aromatic carbocycles. The molecule has 1 aliphatic heterocycles. The van der Waals surface area contributed by atoms with E-state index in [1.54, 1.807) is 30.2 Å². The molecular weight excluding hydrogens is 634 g/mol. The lowest BCUT2D eigenvalue weighted by atomic mass is 10.0. The lowest BCUT2D eigenvalue weighted by Crippen LogP contribution is -2.50. The maximum Gasteiger partial charge on any atom is 0.412 e. The van der Waals surface area contributed by atoms with Crippen molar-refractivity contribution in [2.45, 2.75) is 71.5 Å². The number of amides is 3. The first-order chi connectivity index (χ1) is 23.6. The molecule has 3 aromatic rings. The maximum absolute atomic E-state index is 13.9. The molecule has 0 aliphatic carbocycles. The highest BCUT2D eigenvalue weighted by atomic mass is 16.6. The van der Waals surface area contributed by atoms with Gasteiger partial charge in [0, 0.05) is 61.0 Å².